The van der Waals surface area contributed by atoms with E-state index in [4.69, 9.17) is 10.7 Å². The Morgan fingerprint density at radius 3 is 2.07 bits per heavy atom. The summed E-state index contributed by atoms with van der Waals surface area (Å²) in [6.45, 7) is 0. The van der Waals surface area contributed by atoms with Crippen molar-refractivity contribution in [3.8, 4) is 11.1 Å². The Bertz CT molecular complexity index is 1260. The molecule has 0 aliphatic carbocycles. The SMILES string of the molecule is NC(c1ccccc1)c1nc2c(ccc3ccccc32)cc1-c1ccccc1. The average molecular weight is 360 g/mol. The molecule has 0 spiro atoms. The largest absolute Gasteiger partial charge is 0.319 e. The fourth-order valence-corrected chi connectivity index (χ4v) is 3.83. The molecule has 0 aliphatic heterocycles. The van der Waals surface area contributed by atoms with Crippen LogP contribution in [0.2, 0.25) is 0 Å². The molecule has 2 nitrogen and oxygen atoms in total. The van der Waals surface area contributed by atoms with Crippen LogP contribution in [0.3, 0.4) is 0 Å². The Kier molecular flexibility index (Phi) is 4.12. The summed E-state index contributed by atoms with van der Waals surface area (Å²) in [5.74, 6) is 0. The molecule has 0 fully saturated rings. The van der Waals surface area contributed by atoms with E-state index in [1.807, 2.05) is 24.3 Å². The van der Waals surface area contributed by atoms with Crippen LogP contribution in [-0.2, 0) is 0 Å². The van der Waals surface area contributed by atoms with Crippen LogP contribution in [0.15, 0.2) is 103 Å². The molecule has 134 valence electrons. The van der Waals surface area contributed by atoms with Crippen LogP contribution in [0.5, 0.6) is 0 Å². The monoisotopic (exact) mass is 360 g/mol. The maximum absolute atomic E-state index is 6.73. The number of aromatic nitrogens is 1. The van der Waals surface area contributed by atoms with Crippen molar-refractivity contribution in [1.29, 1.82) is 0 Å². The molecular formula is C26H20N2. The standard InChI is InChI=1S/C26H20N2/c27-24(20-12-5-2-6-13-20)26-23(18-9-3-1-4-10-18)17-21-16-15-19-11-7-8-14-22(19)25(21)28-26/h1-17,24H,27H2. The maximum Gasteiger partial charge on any atom is 0.0784 e. The first-order chi connectivity index (χ1) is 13.8. The van der Waals surface area contributed by atoms with E-state index in [1.165, 1.54) is 5.39 Å². The maximum atomic E-state index is 6.73. The van der Waals surface area contributed by atoms with Gasteiger partial charge in [-0.3, -0.25) is 0 Å². The molecular weight excluding hydrogens is 340 g/mol. The van der Waals surface area contributed by atoms with Crippen molar-refractivity contribution >= 4 is 21.7 Å². The summed E-state index contributed by atoms with van der Waals surface area (Å²) in [5, 5.41) is 3.47. The molecule has 0 saturated heterocycles. The number of benzene rings is 4. The molecule has 0 aliphatic rings. The number of rotatable bonds is 3. The van der Waals surface area contributed by atoms with Crippen molar-refractivity contribution < 1.29 is 0 Å². The predicted molar refractivity (Wildman–Crippen MR) is 117 cm³/mol. The third-order valence-electron chi connectivity index (χ3n) is 5.28. The van der Waals surface area contributed by atoms with Gasteiger partial charge < -0.3 is 5.73 Å². The van der Waals surface area contributed by atoms with E-state index in [1.54, 1.807) is 0 Å². The van der Waals surface area contributed by atoms with Gasteiger partial charge in [-0.05, 0) is 22.6 Å². The zero-order chi connectivity index (χ0) is 18.9. The van der Waals surface area contributed by atoms with E-state index in [9.17, 15) is 0 Å². The second kappa shape index (κ2) is 6.91. The number of pyridine rings is 1. The lowest BCUT2D eigenvalue weighted by Crippen LogP contribution is -2.15. The van der Waals surface area contributed by atoms with Gasteiger partial charge >= 0.3 is 0 Å². The molecule has 1 unspecified atom stereocenters. The first kappa shape index (κ1) is 16.7. The van der Waals surface area contributed by atoms with Gasteiger partial charge in [-0.1, -0.05) is 97.1 Å². The summed E-state index contributed by atoms with van der Waals surface area (Å²) in [6.07, 6.45) is 0. The first-order valence-corrected chi connectivity index (χ1v) is 9.49. The molecule has 1 atom stereocenters. The van der Waals surface area contributed by atoms with Crippen molar-refractivity contribution in [2.24, 2.45) is 5.73 Å². The third-order valence-corrected chi connectivity index (χ3v) is 5.28. The van der Waals surface area contributed by atoms with Crippen molar-refractivity contribution in [2.45, 2.75) is 6.04 Å². The highest BCUT2D eigenvalue weighted by Crippen LogP contribution is 2.34. The molecule has 5 aromatic rings. The zero-order valence-electron chi connectivity index (χ0n) is 15.4. The highest BCUT2D eigenvalue weighted by Gasteiger charge is 2.18. The Morgan fingerprint density at radius 1 is 0.643 bits per heavy atom. The van der Waals surface area contributed by atoms with Crippen LogP contribution in [0, 0.1) is 0 Å². The predicted octanol–water partition coefficient (Wildman–Crippen LogP) is 6.10. The van der Waals surface area contributed by atoms with Gasteiger partial charge in [0.05, 0.1) is 17.3 Å². The molecule has 5 rings (SSSR count). The third kappa shape index (κ3) is 2.84. The van der Waals surface area contributed by atoms with E-state index in [-0.39, 0.29) is 6.04 Å². The lowest BCUT2D eigenvalue weighted by molar-refractivity contribution is 0.839. The average Bonchev–Trinajstić information content (AvgIpc) is 2.79. The van der Waals surface area contributed by atoms with Gasteiger partial charge in [0.1, 0.15) is 0 Å². The van der Waals surface area contributed by atoms with E-state index in [0.717, 1.165) is 38.7 Å². The number of nitrogens with zero attached hydrogens (tertiary/aromatic N) is 1. The highest BCUT2D eigenvalue weighted by atomic mass is 14.8. The molecule has 0 bridgehead atoms. The minimum Gasteiger partial charge on any atom is -0.319 e. The fourth-order valence-electron chi connectivity index (χ4n) is 3.83. The topological polar surface area (TPSA) is 38.9 Å². The van der Waals surface area contributed by atoms with Crippen molar-refractivity contribution in [1.82, 2.24) is 4.98 Å². The summed E-state index contributed by atoms with van der Waals surface area (Å²) >= 11 is 0. The summed E-state index contributed by atoms with van der Waals surface area (Å²) < 4.78 is 0. The number of nitrogens with two attached hydrogens (primary N) is 1. The number of hydrogen-bond acceptors (Lipinski definition) is 2. The molecule has 2 N–H and O–H groups in total. The lowest BCUT2D eigenvalue weighted by Gasteiger charge is -2.18. The summed E-state index contributed by atoms with van der Waals surface area (Å²) in [7, 11) is 0. The molecule has 0 amide bonds. The van der Waals surface area contributed by atoms with E-state index < -0.39 is 0 Å². The van der Waals surface area contributed by atoms with Crippen LogP contribution >= 0.6 is 0 Å². The Balaban J connectivity index is 1.82. The molecule has 28 heavy (non-hydrogen) atoms. The van der Waals surface area contributed by atoms with Gasteiger partial charge in [0.15, 0.2) is 0 Å². The lowest BCUT2D eigenvalue weighted by atomic mass is 9.94. The molecule has 1 heterocycles. The first-order valence-electron chi connectivity index (χ1n) is 9.49. The Hall–Kier alpha value is -3.49. The van der Waals surface area contributed by atoms with E-state index in [2.05, 4.69) is 78.9 Å². The van der Waals surface area contributed by atoms with Crippen molar-refractivity contribution in [3.05, 3.63) is 114 Å². The van der Waals surface area contributed by atoms with Gasteiger partial charge in [-0.25, -0.2) is 4.98 Å². The number of fused-ring (bicyclic) bond motifs is 3. The van der Waals surface area contributed by atoms with Crippen LogP contribution < -0.4 is 5.73 Å². The van der Waals surface area contributed by atoms with Gasteiger partial charge in [0, 0.05) is 16.3 Å². The minimum atomic E-state index is -0.292. The van der Waals surface area contributed by atoms with Crippen LogP contribution in [0.4, 0.5) is 0 Å². The van der Waals surface area contributed by atoms with Crippen LogP contribution in [-0.4, -0.2) is 4.98 Å². The van der Waals surface area contributed by atoms with E-state index >= 15 is 0 Å². The Labute approximate surface area is 164 Å². The quantitative estimate of drug-likeness (QED) is 0.395. The van der Waals surface area contributed by atoms with Gasteiger partial charge in [0.2, 0.25) is 0 Å². The zero-order valence-corrected chi connectivity index (χ0v) is 15.4. The van der Waals surface area contributed by atoms with E-state index in [0.29, 0.717) is 0 Å². The van der Waals surface area contributed by atoms with Gasteiger partial charge in [0.25, 0.3) is 0 Å². The molecule has 4 aromatic carbocycles. The molecule has 0 radical (unpaired) electrons. The van der Waals surface area contributed by atoms with Gasteiger partial charge in [-0.15, -0.1) is 0 Å². The smallest absolute Gasteiger partial charge is 0.0784 e. The second-order valence-corrected chi connectivity index (χ2v) is 7.03. The fraction of sp³-hybridized carbons (Fsp3) is 0.0385. The molecule has 0 saturated carbocycles. The van der Waals surface area contributed by atoms with Crippen molar-refractivity contribution in [3.63, 3.8) is 0 Å². The number of hydrogen-bond donors (Lipinski definition) is 1. The second-order valence-electron chi connectivity index (χ2n) is 7.03. The molecule has 2 heteroatoms. The summed E-state index contributed by atoms with van der Waals surface area (Å²) in [6, 6.07) is 35.2. The van der Waals surface area contributed by atoms with Crippen LogP contribution in [0.25, 0.3) is 32.8 Å². The highest BCUT2D eigenvalue weighted by molar-refractivity contribution is 6.06. The van der Waals surface area contributed by atoms with Crippen LogP contribution in [0.1, 0.15) is 17.3 Å². The Morgan fingerprint density at radius 2 is 1.29 bits per heavy atom. The minimum absolute atomic E-state index is 0.292. The molecule has 1 aromatic heterocycles. The summed E-state index contributed by atoms with van der Waals surface area (Å²) in [4.78, 5) is 5.13. The summed E-state index contributed by atoms with van der Waals surface area (Å²) in [5.41, 5.74) is 11.9. The normalized spacial score (nSPS) is 12.3. The van der Waals surface area contributed by atoms with Gasteiger partial charge in [-0.2, -0.15) is 0 Å². The van der Waals surface area contributed by atoms with Crippen molar-refractivity contribution in [2.75, 3.05) is 0 Å².